The monoisotopic (exact) mass is 378 g/mol. The molecule has 0 radical (unpaired) electrons. The molecule has 2 amide bonds. The van der Waals surface area contributed by atoms with Gasteiger partial charge in [-0.25, -0.2) is 0 Å². The number of hydrogen-bond acceptors (Lipinski definition) is 2. The first-order chi connectivity index (χ1) is 10.3. The minimum Gasteiger partial charge on any atom is -0.345 e. The average Bonchev–Trinajstić information content (AvgIpc) is 2.47. The van der Waals surface area contributed by atoms with Gasteiger partial charge in [-0.2, -0.15) is 13.2 Å². The molecule has 0 aromatic heterocycles. The Morgan fingerprint density at radius 1 is 1.14 bits per heavy atom. The molecule has 120 valence electrons. The molecule has 0 unspecified atom stereocenters. The first-order valence-electron chi connectivity index (χ1n) is 6.70. The number of carbonyl (C=O) groups is 2. The van der Waals surface area contributed by atoms with E-state index in [1.165, 1.54) is 0 Å². The Morgan fingerprint density at radius 2 is 1.68 bits per heavy atom. The van der Waals surface area contributed by atoms with Crippen LogP contribution in [0.4, 0.5) is 13.2 Å². The summed E-state index contributed by atoms with van der Waals surface area (Å²) in [5.74, 6) is -2.08. The van der Waals surface area contributed by atoms with Crippen LogP contribution in [0.5, 0.6) is 0 Å². The first kappa shape index (κ1) is 16.8. The Balaban J connectivity index is 1.88. The molecule has 0 atom stereocenters. The standard InChI is InChI=1S/C14H14BrF3N2O2/c15-10-3-1-9(2-4-10)12(21)20-7-5-11(6-8-20)19-13(22)14(16,17)18/h1-4,11H,5-8H2,(H,19,22). The lowest BCUT2D eigenvalue weighted by Gasteiger charge is -2.32. The lowest BCUT2D eigenvalue weighted by Crippen LogP contribution is -2.49. The minimum absolute atomic E-state index is 0.159. The van der Waals surface area contributed by atoms with Crippen LogP contribution >= 0.6 is 15.9 Å². The summed E-state index contributed by atoms with van der Waals surface area (Å²) < 4.78 is 37.4. The van der Waals surface area contributed by atoms with Crippen molar-refractivity contribution in [3.63, 3.8) is 0 Å². The maximum Gasteiger partial charge on any atom is 0.471 e. The Hall–Kier alpha value is -1.57. The topological polar surface area (TPSA) is 49.4 Å². The van der Waals surface area contributed by atoms with Gasteiger partial charge in [0.2, 0.25) is 0 Å². The van der Waals surface area contributed by atoms with E-state index in [1.807, 2.05) is 5.32 Å². The summed E-state index contributed by atoms with van der Waals surface area (Å²) in [6, 6.07) is 6.32. The summed E-state index contributed by atoms with van der Waals surface area (Å²) in [5.41, 5.74) is 0.529. The van der Waals surface area contributed by atoms with Gasteiger partial charge in [0.1, 0.15) is 0 Å². The van der Waals surface area contributed by atoms with E-state index in [0.717, 1.165) is 4.47 Å². The second-order valence-electron chi connectivity index (χ2n) is 5.04. The van der Waals surface area contributed by atoms with Crippen molar-refractivity contribution in [2.45, 2.75) is 25.1 Å². The molecule has 0 bridgehead atoms. The molecule has 1 fully saturated rings. The number of amides is 2. The molecule has 1 aliphatic rings. The summed E-state index contributed by atoms with van der Waals surface area (Å²) in [6.45, 7) is 0.634. The summed E-state index contributed by atoms with van der Waals surface area (Å²) in [4.78, 5) is 24.7. The number of nitrogens with zero attached hydrogens (tertiary/aromatic N) is 1. The fourth-order valence-corrected chi connectivity index (χ4v) is 2.53. The van der Waals surface area contributed by atoms with Gasteiger partial charge >= 0.3 is 12.1 Å². The zero-order valence-electron chi connectivity index (χ0n) is 11.5. The Morgan fingerprint density at radius 3 is 2.18 bits per heavy atom. The van der Waals surface area contributed by atoms with Crippen LogP contribution in [-0.4, -0.2) is 42.0 Å². The average molecular weight is 379 g/mol. The Bertz CT molecular complexity index is 552. The van der Waals surface area contributed by atoms with Crippen LogP contribution in [0.1, 0.15) is 23.2 Å². The Labute approximate surface area is 133 Å². The summed E-state index contributed by atoms with van der Waals surface area (Å²) >= 11 is 3.28. The third-order valence-electron chi connectivity index (χ3n) is 3.47. The van der Waals surface area contributed by atoms with Crippen molar-refractivity contribution in [1.82, 2.24) is 10.2 Å². The summed E-state index contributed by atoms with van der Waals surface area (Å²) in [6.07, 6.45) is -4.25. The normalized spacial score (nSPS) is 16.5. The number of halogens is 4. The molecule has 2 rings (SSSR count). The maximum atomic E-state index is 12.2. The van der Waals surface area contributed by atoms with Gasteiger partial charge in [0.25, 0.3) is 5.91 Å². The number of alkyl halides is 3. The second-order valence-corrected chi connectivity index (χ2v) is 5.96. The Kier molecular flexibility index (Phi) is 5.10. The number of hydrogen-bond donors (Lipinski definition) is 1. The molecule has 0 spiro atoms. The lowest BCUT2D eigenvalue weighted by atomic mass is 10.0. The molecule has 0 saturated carbocycles. The van der Waals surface area contributed by atoms with E-state index in [9.17, 15) is 22.8 Å². The highest BCUT2D eigenvalue weighted by molar-refractivity contribution is 9.10. The molecule has 1 aromatic carbocycles. The minimum atomic E-state index is -4.87. The molecule has 22 heavy (non-hydrogen) atoms. The second kappa shape index (κ2) is 6.68. The molecule has 4 nitrogen and oxygen atoms in total. The van der Waals surface area contributed by atoms with Gasteiger partial charge in [0.15, 0.2) is 0 Å². The molecule has 8 heteroatoms. The number of rotatable bonds is 2. The fraction of sp³-hybridized carbons (Fsp3) is 0.429. The lowest BCUT2D eigenvalue weighted by molar-refractivity contribution is -0.174. The number of likely N-dealkylation sites (tertiary alicyclic amines) is 1. The van der Waals surface area contributed by atoms with Crippen LogP contribution < -0.4 is 5.32 Å². The van der Waals surface area contributed by atoms with E-state index in [2.05, 4.69) is 15.9 Å². The number of piperidine rings is 1. The van der Waals surface area contributed by atoms with Crippen LogP contribution in [0.15, 0.2) is 28.7 Å². The van der Waals surface area contributed by atoms with Crippen LogP contribution in [0.2, 0.25) is 0 Å². The van der Waals surface area contributed by atoms with E-state index >= 15 is 0 Å². The van der Waals surface area contributed by atoms with Crippen LogP contribution in [0, 0.1) is 0 Å². The molecule has 0 aliphatic carbocycles. The third-order valence-corrected chi connectivity index (χ3v) is 3.99. The molecular formula is C14H14BrF3N2O2. The van der Waals surface area contributed by atoms with E-state index in [4.69, 9.17) is 0 Å². The van der Waals surface area contributed by atoms with Gasteiger partial charge in [0.05, 0.1) is 0 Å². The predicted molar refractivity (Wildman–Crippen MR) is 77.3 cm³/mol. The van der Waals surface area contributed by atoms with Crippen molar-refractivity contribution < 1.29 is 22.8 Å². The van der Waals surface area contributed by atoms with Gasteiger partial charge < -0.3 is 10.2 Å². The molecule has 1 heterocycles. The van der Waals surface area contributed by atoms with Crippen molar-refractivity contribution in [2.24, 2.45) is 0 Å². The first-order valence-corrected chi connectivity index (χ1v) is 7.49. The van der Waals surface area contributed by atoms with Crippen LogP contribution in [0.3, 0.4) is 0 Å². The molecule has 1 aliphatic heterocycles. The van der Waals surface area contributed by atoms with Crippen molar-refractivity contribution >= 4 is 27.7 Å². The van der Waals surface area contributed by atoms with Crippen LogP contribution in [0.25, 0.3) is 0 Å². The third kappa shape index (κ3) is 4.22. The van der Waals surface area contributed by atoms with E-state index in [1.54, 1.807) is 29.2 Å². The largest absolute Gasteiger partial charge is 0.471 e. The molecular weight excluding hydrogens is 365 g/mol. The summed E-state index contributed by atoms with van der Waals surface area (Å²) in [5, 5.41) is 1.96. The van der Waals surface area contributed by atoms with E-state index in [0.29, 0.717) is 31.5 Å². The van der Waals surface area contributed by atoms with Crippen molar-refractivity contribution in [3.05, 3.63) is 34.3 Å². The van der Waals surface area contributed by atoms with Gasteiger partial charge in [-0.3, -0.25) is 9.59 Å². The zero-order valence-corrected chi connectivity index (χ0v) is 13.1. The number of carbonyl (C=O) groups excluding carboxylic acids is 2. The molecule has 1 N–H and O–H groups in total. The van der Waals surface area contributed by atoms with Gasteiger partial charge in [-0.05, 0) is 37.1 Å². The highest BCUT2D eigenvalue weighted by atomic mass is 79.9. The number of nitrogens with one attached hydrogen (secondary N) is 1. The quantitative estimate of drug-likeness (QED) is 0.859. The maximum absolute atomic E-state index is 12.2. The highest BCUT2D eigenvalue weighted by Crippen LogP contribution is 2.19. The van der Waals surface area contributed by atoms with Crippen molar-refractivity contribution in [3.8, 4) is 0 Å². The molecule has 1 saturated heterocycles. The highest BCUT2D eigenvalue weighted by Gasteiger charge is 2.40. The zero-order chi connectivity index (χ0) is 16.3. The van der Waals surface area contributed by atoms with Gasteiger partial charge in [0, 0.05) is 29.2 Å². The SMILES string of the molecule is O=C(c1ccc(Br)cc1)N1CCC(NC(=O)C(F)(F)F)CC1. The predicted octanol–water partition coefficient (Wildman–Crippen LogP) is 2.73. The van der Waals surface area contributed by atoms with Gasteiger partial charge in [-0.15, -0.1) is 0 Å². The van der Waals surface area contributed by atoms with E-state index in [-0.39, 0.29) is 5.91 Å². The van der Waals surface area contributed by atoms with Crippen LogP contribution in [-0.2, 0) is 4.79 Å². The fourth-order valence-electron chi connectivity index (χ4n) is 2.27. The van der Waals surface area contributed by atoms with Crippen molar-refractivity contribution in [2.75, 3.05) is 13.1 Å². The van der Waals surface area contributed by atoms with Gasteiger partial charge in [-0.1, -0.05) is 15.9 Å². The van der Waals surface area contributed by atoms with E-state index < -0.39 is 18.1 Å². The summed E-state index contributed by atoms with van der Waals surface area (Å²) in [7, 11) is 0. The molecule has 1 aromatic rings. The number of benzene rings is 1. The smallest absolute Gasteiger partial charge is 0.345 e. The van der Waals surface area contributed by atoms with Crippen molar-refractivity contribution in [1.29, 1.82) is 0 Å².